The number of hydrogen-bond donors (Lipinski definition) is 0. The third-order valence-electron chi connectivity index (χ3n) is 4.91. The van der Waals surface area contributed by atoms with E-state index in [1.807, 2.05) is 30.3 Å². The molecule has 6 heteroatoms. The Balaban J connectivity index is 1.80. The molecule has 1 atom stereocenters. The lowest BCUT2D eigenvalue weighted by Gasteiger charge is -2.33. The second-order valence-corrected chi connectivity index (χ2v) is 7.23. The van der Waals surface area contributed by atoms with Crippen molar-refractivity contribution in [2.45, 2.75) is 25.9 Å². The molecule has 0 radical (unpaired) electrons. The van der Waals surface area contributed by atoms with Crippen LogP contribution in [0.1, 0.15) is 36.1 Å². The normalized spacial score (nSPS) is 15.1. The third-order valence-corrected chi connectivity index (χ3v) is 5.15. The molecule has 3 rings (SSSR count). The van der Waals surface area contributed by atoms with Crippen LogP contribution in [-0.2, 0) is 16.1 Å². The summed E-state index contributed by atoms with van der Waals surface area (Å²) >= 11 is 6.09. The summed E-state index contributed by atoms with van der Waals surface area (Å²) in [5, 5.41) is 0.589. The fraction of sp³-hybridized carbons (Fsp3) is 0.273. The average Bonchev–Trinajstić information content (AvgIpc) is 2.68. The van der Waals surface area contributed by atoms with E-state index in [1.165, 1.54) is 6.92 Å². The van der Waals surface area contributed by atoms with Gasteiger partial charge < -0.3 is 14.5 Å². The molecule has 0 saturated carbocycles. The number of carbonyl (C=O) groups excluding carboxylic acids is 2. The number of nitrogens with zero attached hydrogens (tertiary/aromatic N) is 2. The highest BCUT2D eigenvalue weighted by Gasteiger charge is 2.29. The molecule has 0 aliphatic carbocycles. The van der Waals surface area contributed by atoms with Crippen molar-refractivity contribution in [2.75, 3.05) is 14.2 Å². The van der Waals surface area contributed by atoms with Crippen molar-refractivity contribution in [3.8, 4) is 5.75 Å². The smallest absolute Gasteiger partial charge is 0.225 e. The quantitative estimate of drug-likeness (QED) is 0.755. The van der Waals surface area contributed by atoms with Crippen molar-refractivity contribution in [1.82, 2.24) is 9.80 Å². The summed E-state index contributed by atoms with van der Waals surface area (Å²) in [4.78, 5) is 28.3. The Bertz CT molecular complexity index is 926. The molecular formula is C22H23ClN2O3. The van der Waals surface area contributed by atoms with Crippen molar-refractivity contribution in [1.29, 1.82) is 0 Å². The molecule has 5 nitrogen and oxygen atoms in total. The van der Waals surface area contributed by atoms with E-state index in [2.05, 4.69) is 0 Å². The predicted molar refractivity (Wildman–Crippen MR) is 110 cm³/mol. The van der Waals surface area contributed by atoms with Gasteiger partial charge in [-0.25, -0.2) is 0 Å². The van der Waals surface area contributed by atoms with Gasteiger partial charge in [-0.05, 0) is 35.4 Å². The van der Waals surface area contributed by atoms with Gasteiger partial charge in [0.25, 0.3) is 0 Å². The highest BCUT2D eigenvalue weighted by Crippen LogP contribution is 2.33. The van der Waals surface area contributed by atoms with Gasteiger partial charge >= 0.3 is 0 Å². The largest absolute Gasteiger partial charge is 0.496 e. The van der Waals surface area contributed by atoms with E-state index in [0.717, 1.165) is 16.7 Å². The summed E-state index contributed by atoms with van der Waals surface area (Å²) in [7, 11) is 3.33. The first-order valence-electron chi connectivity index (χ1n) is 9.03. The number of ether oxygens (including phenoxy) is 1. The molecule has 28 heavy (non-hydrogen) atoms. The Morgan fingerprint density at radius 2 is 1.96 bits per heavy atom. The van der Waals surface area contributed by atoms with Crippen molar-refractivity contribution in [3.63, 3.8) is 0 Å². The Morgan fingerprint density at radius 3 is 2.68 bits per heavy atom. The van der Waals surface area contributed by atoms with E-state index in [-0.39, 0.29) is 24.3 Å². The molecule has 0 fully saturated rings. The minimum absolute atomic E-state index is 0.0663. The summed E-state index contributed by atoms with van der Waals surface area (Å²) in [5.41, 5.74) is 2.83. The Morgan fingerprint density at radius 1 is 1.21 bits per heavy atom. The lowest BCUT2D eigenvalue weighted by Crippen LogP contribution is -2.35. The van der Waals surface area contributed by atoms with E-state index in [0.29, 0.717) is 17.3 Å². The molecule has 0 spiro atoms. The highest BCUT2D eigenvalue weighted by atomic mass is 35.5. The molecule has 2 amide bonds. The lowest BCUT2D eigenvalue weighted by molar-refractivity contribution is -0.134. The molecule has 0 N–H and O–H groups in total. The summed E-state index contributed by atoms with van der Waals surface area (Å²) in [6, 6.07) is 12.8. The van der Waals surface area contributed by atoms with Crippen LogP contribution in [0.3, 0.4) is 0 Å². The Labute approximate surface area is 170 Å². The van der Waals surface area contributed by atoms with Crippen molar-refractivity contribution < 1.29 is 14.3 Å². The van der Waals surface area contributed by atoms with Crippen LogP contribution in [-0.4, -0.2) is 35.8 Å². The van der Waals surface area contributed by atoms with Gasteiger partial charge in [0.05, 0.1) is 19.6 Å². The number of methoxy groups -OCH3 is 1. The molecule has 2 aromatic carbocycles. The number of rotatable bonds is 5. The fourth-order valence-corrected chi connectivity index (χ4v) is 3.64. The molecule has 146 valence electrons. The maximum absolute atomic E-state index is 13.0. The van der Waals surface area contributed by atoms with Gasteiger partial charge in [0, 0.05) is 37.3 Å². The van der Waals surface area contributed by atoms with E-state index in [9.17, 15) is 9.59 Å². The zero-order valence-electron chi connectivity index (χ0n) is 16.2. The maximum atomic E-state index is 13.0. The number of benzene rings is 2. The maximum Gasteiger partial charge on any atom is 0.225 e. The summed E-state index contributed by atoms with van der Waals surface area (Å²) < 4.78 is 5.37. The number of carbonyl (C=O) groups is 2. The van der Waals surface area contributed by atoms with Crippen molar-refractivity contribution in [2.24, 2.45) is 0 Å². The van der Waals surface area contributed by atoms with Crippen molar-refractivity contribution in [3.05, 3.63) is 70.4 Å². The first kappa shape index (κ1) is 20.0. The second kappa shape index (κ2) is 8.48. The van der Waals surface area contributed by atoms with Gasteiger partial charge in [-0.15, -0.1) is 0 Å². The van der Waals surface area contributed by atoms with E-state index in [1.54, 1.807) is 48.4 Å². The zero-order chi connectivity index (χ0) is 20.3. The van der Waals surface area contributed by atoms with Gasteiger partial charge in [-0.3, -0.25) is 9.59 Å². The molecule has 1 heterocycles. The summed E-state index contributed by atoms with van der Waals surface area (Å²) in [6.07, 6.45) is 3.85. The number of halogens is 1. The minimum atomic E-state index is -0.324. The molecule has 0 unspecified atom stereocenters. The van der Waals surface area contributed by atoms with Crippen LogP contribution in [0.2, 0.25) is 5.02 Å². The van der Waals surface area contributed by atoms with Gasteiger partial charge in [0.1, 0.15) is 5.75 Å². The van der Waals surface area contributed by atoms with Crippen LogP contribution in [0.15, 0.2) is 48.7 Å². The minimum Gasteiger partial charge on any atom is -0.496 e. The molecule has 0 bridgehead atoms. The standard InChI is InChI=1S/C22H23ClN2O3/c1-15(26)25-11-10-16-6-4-5-7-19(16)20(25)13-22(27)24(2)14-17-12-18(23)8-9-21(17)28-3/h4-12,20H,13-14H2,1-3H3/t20-/m0/s1. The van der Waals surface area contributed by atoms with Gasteiger partial charge in [0.15, 0.2) is 0 Å². The molecule has 1 aliphatic heterocycles. The van der Waals surface area contributed by atoms with Gasteiger partial charge in [0.2, 0.25) is 11.8 Å². The van der Waals surface area contributed by atoms with E-state index in [4.69, 9.17) is 16.3 Å². The Hall–Kier alpha value is -2.79. The number of hydrogen-bond acceptors (Lipinski definition) is 3. The predicted octanol–water partition coefficient (Wildman–Crippen LogP) is 4.27. The Kier molecular flexibility index (Phi) is 6.05. The summed E-state index contributed by atoms with van der Waals surface area (Å²) in [5.74, 6) is 0.520. The van der Waals surface area contributed by atoms with Crippen LogP contribution in [0.25, 0.3) is 6.08 Å². The van der Waals surface area contributed by atoms with E-state index < -0.39 is 0 Å². The van der Waals surface area contributed by atoms with Crippen LogP contribution < -0.4 is 4.74 Å². The molecular weight excluding hydrogens is 376 g/mol. The van der Waals surface area contributed by atoms with Crippen LogP contribution in [0.5, 0.6) is 5.75 Å². The van der Waals surface area contributed by atoms with Gasteiger partial charge in [-0.2, -0.15) is 0 Å². The second-order valence-electron chi connectivity index (χ2n) is 6.80. The number of fused-ring (bicyclic) bond motifs is 1. The number of amides is 2. The average molecular weight is 399 g/mol. The lowest BCUT2D eigenvalue weighted by atomic mass is 9.93. The molecule has 1 aliphatic rings. The van der Waals surface area contributed by atoms with Crippen LogP contribution in [0, 0.1) is 0 Å². The first-order valence-corrected chi connectivity index (χ1v) is 9.41. The molecule has 2 aromatic rings. The SMILES string of the molecule is COc1ccc(Cl)cc1CN(C)C(=O)C[C@H]1c2ccccc2C=CN1C(C)=O. The van der Waals surface area contributed by atoms with E-state index >= 15 is 0 Å². The molecule has 0 aromatic heterocycles. The first-order chi connectivity index (χ1) is 13.4. The van der Waals surface area contributed by atoms with Crippen LogP contribution in [0.4, 0.5) is 0 Å². The molecule has 0 saturated heterocycles. The van der Waals surface area contributed by atoms with Gasteiger partial charge in [-0.1, -0.05) is 35.9 Å². The monoisotopic (exact) mass is 398 g/mol. The van der Waals surface area contributed by atoms with Crippen molar-refractivity contribution >= 4 is 29.5 Å². The zero-order valence-corrected chi connectivity index (χ0v) is 16.9. The topological polar surface area (TPSA) is 49.9 Å². The fourth-order valence-electron chi connectivity index (χ4n) is 3.45. The third kappa shape index (κ3) is 4.20. The summed E-state index contributed by atoms with van der Waals surface area (Å²) in [6.45, 7) is 1.88. The van der Waals surface area contributed by atoms with Crippen LogP contribution >= 0.6 is 11.6 Å². The highest BCUT2D eigenvalue weighted by molar-refractivity contribution is 6.30.